The Balaban J connectivity index is 2.47. The van der Waals surface area contributed by atoms with Gasteiger partial charge in [-0.3, -0.25) is 0 Å². The lowest BCUT2D eigenvalue weighted by molar-refractivity contribution is 0.412. The number of ether oxygens (including phenoxy) is 1. The molecular formula is C13H12N2OS. The summed E-state index contributed by atoms with van der Waals surface area (Å²) in [6, 6.07) is 8.07. The average Bonchev–Trinajstić information content (AvgIpc) is 2.70. The lowest BCUT2D eigenvalue weighted by Gasteiger charge is -2.05. The molecule has 1 aromatic carbocycles. The van der Waals surface area contributed by atoms with Crippen molar-refractivity contribution in [2.75, 3.05) is 7.11 Å². The number of aromatic nitrogens is 1. The number of nitrogens with zero attached hydrogens (tertiary/aromatic N) is 2. The number of hydrogen-bond donors (Lipinski definition) is 0. The highest BCUT2D eigenvalue weighted by atomic mass is 32.1. The average molecular weight is 244 g/mol. The van der Waals surface area contributed by atoms with E-state index in [1.807, 2.05) is 32.0 Å². The van der Waals surface area contributed by atoms with Gasteiger partial charge in [0.2, 0.25) is 0 Å². The first-order valence-electron chi connectivity index (χ1n) is 5.18. The topological polar surface area (TPSA) is 45.9 Å². The Bertz CT molecular complexity index is 596. The van der Waals surface area contributed by atoms with Gasteiger partial charge in [0, 0.05) is 5.56 Å². The van der Waals surface area contributed by atoms with Crippen molar-refractivity contribution in [3.63, 3.8) is 0 Å². The molecule has 0 fully saturated rings. The SMILES string of the molecule is COc1ccc(-c2nc(C)c(C#N)s2)cc1C. The molecule has 2 aromatic rings. The number of nitriles is 1. The van der Waals surface area contributed by atoms with Gasteiger partial charge in [-0.2, -0.15) is 5.26 Å². The lowest BCUT2D eigenvalue weighted by atomic mass is 10.1. The van der Waals surface area contributed by atoms with Crippen LogP contribution in [-0.4, -0.2) is 12.1 Å². The molecule has 0 aliphatic carbocycles. The minimum absolute atomic E-state index is 0.675. The summed E-state index contributed by atoms with van der Waals surface area (Å²) in [5.41, 5.74) is 2.88. The second kappa shape index (κ2) is 4.56. The van der Waals surface area contributed by atoms with Gasteiger partial charge in [0.15, 0.2) is 0 Å². The Hall–Kier alpha value is -1.86. The minimum Gasteiger partial charge on any atom is -0.496 e. The number of thiazole rings is 1. The third kappa shape index (κ3) is 2.15. The number of rotatable bonds is 2. The molecule has 4 heteroatoms. The molecule has 0 N–H and O–H groups in total. The van der Waals surface area contributed by atoms with E-state index in [0.717, 1.165) is 27.6 Å². The molecule has 0 bridgehead atoms. The lowest BCUT2D eigenvalue weighted by Crippen LogP contribution is -1.87. The highest BCUT2D eigenvalue weighted by molar-refractivity contribution is 7.15. The predicted octanol–water partition coefficient (Wildman–Crippen LogP) is 3.31. The van der Waals surface area contributed by atoms with Gasteiger partial charge in [0.05, 0.1) is 12.8 Å². The smallest absolute Gasteiger partial charge is 0.128 e. The van der Waals surface area contributed by atoms with Gasteiger partial charge in [-0.05, 0) is 37.6 Å². The highest BCUT2D eigenvalue weighted by Gasteiger charge is 2.10. The zero-order chi connectivity index (χ0) is 12.4. The number of benzene rings is 1. The third-order valence-corrected chi connectivity index (χ3v) is 3.65. The Morgan fingerprint density at radius 3 is 2.65 bits per heavy atom. The monoisotopic (exact) mass is 244 g/mol. The van der Waals surface area contributed by atoms with Gasteiger partial charge in [-0.1, -0.05) is 0 Å². The molecule has 0 atom stereocenters. The Morgan fingerprint density at radius 2 is 2.12 bits per heavy atom. The van der Waals surface area contributed by atoms with E-state index in [2.05, 4.69) is 11.1 Å². The van der Waals surface area contributed by atoms with Crippen LogP contribution in [0.3, 0.4) is 0 Å². The van der Waals surface area contributed by atoms with Crippen LogP contribution in [0.2, 0.25) is 0 Å². The van der Waals surface area contributed by atoms with E-state index in [1.54, 1.807) is 7.11 Å². The second-order valence-electron chi connectivity index (χ2n) is 3.73. The first-order chi connectivity index (χ1) is 8.15. The largest absolute Gasteiger partial charge is 0.496 e. The van der Waals surface area contributed by atoms with Crippen molar-refractivity contribution >= 4 is 11.3 Å². The van der Waals surface area contributed by atoms with E-state index < -0.39 is 0 Å². The molecule has 0 aliphatic heterocycles. The predicted molar refractivity (Wildman–Crippen MR) is 68.3 cm³/mol. The zero-order valence-corrected chi connectivity index (χ0v) is 10.8. The summed E-state index contributed by atoms with van der Waals surface area (Å²) in [6.45, 7) is 3.85. The summed E-state index contributed by atoms with van der Waals surface area (Å²) in [6.07, 6.45) is 0. The summed E-state index contributed by atoms with van der Waals surface area (Å²) >= 11 is 1.42. The van der Waals surface area contributed by atoms with Crippen molar-refractivity contribution in [1.82, 2.24) is 4.98 Å². The van der Waals surface area contributed by atoms with Gasteiger partial charge in [0.1, 0.15) is 21.7 Å². The van der Waals surface area contributed by atoms with E-state index in [0.29, 0.717) is 4.88 Å². The molecule has 0 aliphatic rings. The summed E-state index contributed by atoms with van der Waals surface area (Å²) in [5.74, 6) is 0.863. The molecule has 86 valence electrons. The second-order valence-corrected chi connectivity index (χ2v) is 4.73. The summed E-state index contributed by atoms with van der Waals surface area (Å²) in [5, 5.41) is 9.80. The first-order valence-corrected chi connectivity index (χ1v) is 6.00. The van der Waals surface area contributed by atoms with E-state index in [1.165, 1.54) is 11.3 Å². The van der Waals surface area contributed by atoms with E-state index in [4.69, 9.17) is 10.00 Å². The van der Waals surface area contributed by atoms with E-state index in [-0.39, 0.29) is 0 Å². The molecule has 17 heavy (non-hydrogen) atoms. The molecule has 1 aromatic heterocycles. The third-order valence-electron chi connectivity index (χ3n) is 2.54. The highest BCUT2D eigenvalue weighted by Crippen LogP contribution is 2.30. The van der Waals surface area contributed by atoms with Crippen molar-refractivity contribution in [3.8, 4) is 22.4 Å². The van der Waals surface area contributed by atoms with Crippen molar-refractivity contribution in [2.24, 2.45) is 0 Å². The fraction of sp³-hybridized carbons (Fsp3) is 0.231. The van der Waals surface area contributed by atoms with Gasteiger partial charge >= 0.3 is 0 Å². The molecule has 0 spiro atoms. The van der Waals surface area contributed by atoms with Gasteiger partial charge in [0.25, 0.3) is 0 Å². The van der Waals surface area contributed by atoms with Gasteiger partial charge in [-0.15, -0.1) is 11.3 Å². The molecule has 0 radical (unpaired) electrons. The first kappa shape index (κ1) is 11.6. The molecule has 0 unspecified atom stereocenters. The number of aryl methyl sites for hydroxylation is 2. The van der Waals surface area contributed by atoms with Crippen LogP contribution in [0.25, 0.3) is 10.6 Å². The summed E-state index contributed by atoms with van der Waals surface area (Å²) in [7, 11) is 1.66. The standard InChI is InChI=1S/C13H12N2OS/c1-8-6-10(4-5-11(8)16-3)13-15-9(2)12(7-14)17-13/h4-6H,1-3H3. The fourth-order valence-corrected chi connectivity index (χ4v) is 2.49. The molecule has 0 saturated carbocycles. The van der Waals surface area contributed by atoms with Crippen molar-refractivity contribution in [2.45, 2.75) is 13.8 Å². The molecule has 0 amide bonds. The minimum atomic E-state index is 0.675. The zero-order valence-electron chi connectivity index (χ0n) is 9.94. The Kier molecular flexibility index (Phi) is 3.12. The van der Waals surface area contributed by atoms with Crippen LogP contribution in [0, 0.1) is 25.2 Å². The summed E-state index contributed by atoms with van der Waals surface area (Å²) in [4.78, 5) is 5.08. The quantitative estimate of drug-likeness (QED) is 0.814. The van der Waals surface area contributed by atoms with Crippen LogP contribution in [0.1, 0.15) is 16.1 Å². The molecule has 3 nitrogen and oxygen atoms in total. The van der Waals surface area contributed by atoms with E-state index in [9.17, 15) is 0 Å². The fourth-order valence-electron chi connectivity index (χ4n) is 1.64. The van der Waals surface area contributed by atoms with Crippen molar-refractivity contribution in [3.05, 3.63) is 34.3 Å². The Morgan fingerprint density at radius 1 is 1.35 bits per heavy atom. The van der Waals surface area contributed by atoms with Gasteiger partial charge in [-0.25, -0.2) is 4.98 Å². The van der Waals surface area contributed by atoms with Crippen LogP contribution in [-0.2, 0) is 0 Å². The maximum absolute atomic E-state index is 8.92. The van der Waals surface area contributed by atoms with Crippen LogP contribution in [0.15, 0.2) is 18.2 Å². The maximum atomic E-state index is 8.92. The van der Waals surface area contributed by atoms with Crippen LogP contribution < -0.4 is 4.74 Å². The van der Waals surface area contributed by atoms with Crippen LogP contribution >= 0.6 is 11.3 Å². The molecular weight excluding hydrogens is 232 g/mol. The van der Waals surface area contributed by atoms with Gasteiger partial charge < -0.3 is 4.74 Å². The van der Waals surface area contributed by atoms with Crippen molar-refractivity contribution < 1.29 is 4.74 Å². The van der Waals surface area contributed by atoms with Crippen molar-refractivity contribution in [1.29, 1.82) is 5.26 Å². The Labute approximate surface area is 104 Å². The summed E-state index contributed by atoms with van der Waals surface area (Å²) < 4.78 is 5.22. The molecule has 0 saturated heterocycles. The number of hydrogen-bond acceptors (Lipinski definition) is 4. The van der Waals surface area contributed by atoms with Crippen LogP contribution in [0.4, 0.5) is 0 Å². The molecule has 1 heterocycles. The van der Waals surface area contributed by atoms with E-state index >= 15 is 0 Å². The number of methoxy groups -OCH3 is 1. The molecule has 2 rings (SSSR count). The van der Waals surface area contributed by atoms with Crippen LogP contribution in [0.5, 0.6) is 5.75 Å². The maximum Gasteiger partial charge on any atom is 0.128 e. The normalized spacial score (nSPS) is 10.0.